The average Bonchev–Trinajstić information content (AvgIpc) is 2.44. The summed E-state index contributed by atoms with van der Waals surface area (Å²) in [7, 11) is 0. The van der Waals surface area contributed by atoms with Gasteiger partial charge in [-0.25, -0.2) is 0 Å². The van der Waals surface area contributed by atoms with Crippen LogP contribution < -0.4 is 0 Å². The second-order valence-electron chi connectivity index (χ2n) is 4.93. The molecule has 0 saturated carbocycles. The zero-order chi connectivity index (χ0) is 13.5. The molecule has 1 nitrogen and oxygen atoms in total. The van der Waals surface area contributed by atoms with Crippen LogP contribution in [0.1, 0.15) is 36.5 Å². The van der Waals surface area contributed by atoms with Gasteiger partial charge in [0, 0.05) is 12.4 Å². The summed E-state index contributed by atoms with van der Waals surface area (Å²) in [5.41, 5.74) is 4.01. The number of benzene rings is 1. The first-order valence-electron chi connectivity index (χ1n) is 6.95. The quantitative estimate of drug-likeness (QED) is 0.732. The summed E-state index contributed by atoms with van der Waals surface area (Å²) >= 11 is 5.93. The van der Waals surface area contributed by atoms with Gasteiger partial charge in [0.2, 0.25) is 0 Å². The Balaban J connectivity index is 1.89. The molecule has 0 bridgehead atoms. The van der Waals surface area contributed by atoms with E-state index in [1.165, 1.54) is 36.0 Å². The van der Waals surface area contributed by atoms with E-state index < -0.39 is 0 Å². The molecule has 1 aromatic heterocycles. The van der Waals surface area contributed by atoms with Crippen LogP contribution in [0.2, 0.25) is 5.02 Å². The molecule has 1 aromatic carbocycles. The van der Waals surface area contributed by atoms with Gasteiger partial charge in [-0.2, -0.15) is 0 Å². The van der Waals surface area contributed by atoms with Crippen LogP contribution in [0, 0.1) is 0 Å². The molecule has 100 valence electrons. The fraction of sp³-hybridized carbons (Fsp3) is 0.353. The zero-order valence-electron chi connectivity index (χ0n) is 11.4. The average molecular weight is 274 g/mol. The lowest BCUT2D eigenvalue weighted by molar-refractivity contribution is 0.794. The highest BCUT2D eigenvalue weighted by Crippen LogP contribution is 2.13. The van der Waals surface area contributed by atoms with Gasteiger partial charge in [-0.05, 0) is 48.4 Å². The topological polar surface area (TPSA) is 12.9 Å². The lowest BCUT2D eigenvalue weighted by Gasteiger charge is -2.04. The number of aryl methyl sites for hydroxylation is 3. The highest BCUT2D eigenvalue weighted by Gasteiger charge is 1.98. The largest absolute Gasteiger partial charge is 0.263 e. The molecule has 0 aliphatic rings. The number of nitrogens with zero attached hydrogens (tertiary/aromatic N) is 1. The lowest BCUT2D eigenvalue weighted by Crippen LogP contribution is -1.93. The lowest BCUT2D eigenvalue weighted by atomic mass is 10.0. The van der Waals surface area contributed by atoms with E-state index in [2.05, 4.69) is 36.2 Å². The minimum atomic E-state index is 0.715. The Bertz CT molecular complexity index is 505. The second-order valence-corrected chi connectivity index (χ2v) is 5.37. The Kier molecular flexibility index (Phi) is 5.41. The first kappa shape index (κ1) is 14.1. The van der Waals surface area contributed by atoms with Crippen LogP contribution in [0.25, 0.3) is 0 Å². The van der Waals surface area contributed by atoms with Gasteiger partial charge in [0.05, 0.1) is 5.02 Å². The first-order chi connectivity index (χ1) is 9.28. The van der Waals surface area contributed by atoms with Crippen LogP contribution in [-0.4, -0.2) is 4.98 Å². The third kappa shape index (κ3) is 4.68. The first-order valence-corrected chi connectivity index (χ1v) is 7.33. The predicted molar refractivity (Wildman–Crippen MR) is 81.7 cm³/mol. The Morgan fingerprint density at radius 2 is 1.53 bits per heavy atom. The smallest absolute Gasteiger partial charge is 0.0592 e. The molecular weight excluding hydrogens is 254 g/mol. The fourth-order valence-corrected chi connectivity index (χ4v) is 2.33. The van der Waals surface area contributed by atoms with Crippen molar-refractivity contribution in [3.8, 4) is 0 Å². The van der Waals surface area contributed by atoms with Crippen LogP contribution in [0.15, 0.2) is 42.7 Å². The van der Waals surface area contributed by atoms with E-state index in [1.807, 2.05) is 12.3 Å². The van der Waals surface area contributed by atoms with E-state index in [0.29, 0.717) is 5.02 Å². The third-order valence-electron chi connectivity index (χ3n) is 3.31. The summed E-state index contributed by atoms with van der Waals surface area (Å²) in [6.45, 7) is 2.23. The third-order valence-corrected chi connectivity index (χ3v) is 3.51. The summed E-state index contributed by atoms with van der Waals surface area (Å²) in [4.78, 5) is 4.11. The van der Waals surface area contributed by atoms with Crippen LogP contribution in [0.5, 0.6) is 0 Å². The summed E-state index contributed by atoms with van der Waals surface area (Å²) in [6.07, 6.45) is 9.30. The molecule has 1 heterocycles. The molecule has 0 atom stereocenters. The van der Waals surface area contributed by atoms with Gasteiger partial charge in [0.15, 0.2) is 0 Å². The van der Waals surface area contributed by atoms with Crippen molar-refractivity contribution in [1.82, 2.24) is 4.98 Å². The van der Waals surface area contributed by atoms with Crippen LogP contribution in [0.3, 0.4) is 0 Å². The number of halogens is 1. The van der Waals surface area contributed by atoms with Crippen LogP contribution >= 0.6 is 11.6 Å². The van der Waals surface area contributed by atoms with E-state index >= 15 is 0 Å². The maximum absolute atomic E-state index is 5.93. The molecule has 0 amide bonds. The molecule has 0 N–H and O–H groups in total. The second kappa shape index (κ2) is 7.30. The Morgan fingerprint density at radius 1 is 0.895 bits per heavy atom. The van der Waals surface area contributed by atoms with Gasteiger partial charge in [-0.15, -0.1) is 0 Å². The van der Waals surface area contributed by atoms with Crippen molar-refractivity contribution in [3.63, 3.8) is 0 Å². The van der Waals surface area contributed by atoms with Crippen molar-refractivity contribution in [1.29, 1.82) is 0 Å². The summed E-state index contributed by atoms with van der Waals surface area (Å²) in [5, 5.41) is 0.715. The van der Waals surface area contributed by atoms with Gasteiger partial charge in [0.1, 0.15) is 0 Å². The van der Waals surface area contributed by atoms with Crippen molar-refractivity contribution in [2.24, 2.45) is 0 Å². The van der Waals surface area contributed by atoms with Crippen molar-refractivity contribution in [2.45, 2.75) is 39.0 Å². The number of hydrogen-bond acceptors (Lipinski definition) is 1. The minimum Gasteiger partial charge on any atom is -0.263 e. The summed E-state index contributed by atoms with van der Waals surface area (Å²) in [5.74, 6) is 0. The number of pyridine rings is 1. The van der Waals surface area contributed by atoms with Gasteiger partial charge in [-0.3, -0.25) is 4.98 Å². The van der Waals surface area contributed by atoms with Gasteiger partial charge in [-0.1, -0.05) is 49.2 Å². The van der Waals surface area contributed by atoms with Gasteiger partial charge < -0.3 is 0 Å². The monoisotopic (exact) mass is 273 g/mol. The molecule has 0 aliphatic carbocycles. The summed E-state index contributed by atoms with van der Waals surface area (Å²) < 4.78 is 0. The van der Waals surface area contributed by atoms with E-state index in [-0.39, 0.29) is 0 Å². The summed E-state index contributed by atoms with van der Waals surface area (Å²) in [6, 6.07) is 11.0. The molecule has 0 aliphatic heterocycles. The van der Waals surface area contributed by atoms with E-state index in [4.69, 9.17) is 11.6 Å². The predicted octanol–water partition coefficient (Wildman–Crippen LogP) is 4.86. The van der Waals surface area contributed by atoms with E-state index in [9.17, 15) is 0 Å². The van der Waals surface area contributed by atoms with Crippen molar-refractivity contribution < 1.29 is 0 Å². The maximum Gasteiger partial charge on any atom is 0.0592 e. The Labute approximate surface area is 120 Å². The molecular formula is C17H20ClN. The Hall–Kier alpha value is -1.34. The zero-order valence-corrected chi connectivity index (χ0v) is 12.2. The fourth-order valence-electron chi connectivity index (χ4n) is 2.13. The molecule has 0 spiro atoms. The highest BCUT2D eigenvalue weighted by atomic mass is 35.5. The van der Waals surface area contributed by atoms with E-state index in [0.717, 1.165) is 12.8 Å². The van der Waals surface area contributed by atoms with Crippen molar-refractivity contribution >= 4 is 11.6 Å². The van der Waals surface area contributed by atoms with Crippen molar-refractivity contribution in [3.05, 3.63) is 64.4 Å². The molecule has 2 rings (SSSR count). The molecule has 0 saturated heterocycles. The molecule has 2 heteroatoms. The van der Waals surface area contributed by atoms with Crippen LogP contribution in [0.4, 0.5) is 0 Å². The SMILES string of the molecule is CCCCc1ccc(CCc2cncc(Cl)c2)cc1. The van der Waals surface area contributed by atoms with Crippen LogP contribution in [-0.2, 0) is 19.3 Å². The number of unbranched alkanes of at least 4 members (excludes halogenated alkanes) is 1. The molecule has 0 fully saturated rings. The molecule has 0 unspecified atom stereocenters. The van der Waals surface area contributed by atoms with Gasteiger partial charge >= 0.3 is 0 Å². The van der Waals surface area contributed by atoms with Crippen molar-refractivity contribution in [2.75, 3.05) is 0 Å². The normalized spacial score (nSPS) is 10.6. The highest BCUT2D eigenvalue weighted by molar-refractivity contribution is 6.30. The standard InChI is InChI=1S/C17H20ClN/c1-2-3-4-14-5-7-15(8-6-14)9-10-16-11-17(18)13-19-12-16/h5-8,11-13H,2-4,9-10H2,1H3. The number of rotatable bonds is 6. The number of hydrogen-bond donors (Lipinski definition) is 0. The molecule has 19 heavy (non-hydrogen) atoms. The Morgan fingerprint density at radius 3 is 2.16 bits per heavy atom. The molecule has 2 aromatic rings. The minimum absolute atomic E-state index is 0.715. The maximum atomic E-state index is 5.93. The molecule has 0 radical (unpaired) electrons. The van der Waals surface area contributed by atoms with Gasteiger partial charge in [0.25, 0.3) is 0 Å². The number of aromatic nitrogens is 1. The van der Waals surface area contributed by atoms with E-state index in [1.54, 1.807) is 6.20 Å².